The van der Waals surface area contributed by atoms with E-state index < -0.39 is 29.7 Å². The van der Waals surface area contributed by atoms with Crippen LogP contribution in [-0.2, 0) is 11.3 Å². The zero-order valence-corrected chi connectivity index (χ0v) is 19.2. The number of likely N-dealkylation sites (tertiary alicyclic amines) is 1. The molecule has 0 radical (unpaired) electrons. The second-order valence-electron chi connectivity index (χ2n) is 8.97. The Balaban J connectivity index is 1.35. The van der Waals surface area contributed by atoms with E-state index in [0.29, 0.717) is 30.4 Å². The molecule has 0 saturated carbocycles. The van der Waals surface area contributed by atoms with E-state index in [1.807, 2.05) is 0 Å². The molecule has 36 heavy (non-hydrogen) atoms. The molecule has 0 bridgehead atoms. The third-order valence-electron chi connectivity index (χ3n) is 6.63. The average molecular weight is 504 g/mol. The molecule has 4 heterocycles. The lowest BCUT2D eigenvalue weighted by atomic mass is 9.90. The van der Waals surface area contributed by atoms with E-state index in [4.69, 9.17) is 4.42 Å². The highest BCUT2D eigenvalue weighted by Crippen LogP contribution is 2.33. The van der Waals surface area contributed by atoms with Crippen molar-refractivity contribution in [2.45, 2.75) is 37.5 Å². The number of carbonyl (C=O) groups is 1. The van der Waals surface area contributed by atoms with Crippen molar-refractivity contribution in [1.29, 1.82) is 0 Å². The molecule has 0 aliphatic carbocycles. The highest BCUT2D eigenvalue weighted by Gasteiger charge is 2.46. The van der Waals surface area contributed by atoms with Gasteiger partial charge in [-0.2, -0.15) is 8.78 Å². The number of carbonyl (C=O) groups excluding carboxylic acids is 1. The molecule has 2 saturated heterocycles. The summed E-state index contributed by atoms with van der Waals surface area (Å²) >= 11 is 0. The normalized spacial score (nSPS) is 18.2. The van der Waals surface area contributed by atoms with Crippen molar-refractivity contribution in [3.05, 3.63) is 60.0 Å². The Bertz CT molecular complexity index is 1210. The summed E-state index contributed by atoms with van der Waals surface area (Å²) in [7, 11) is 0. The molecule has 2 aliphatic rings. The first-order chi connectivity index (χ1) is 17.3. The predicted octanol–water partition coefficient (Wildman–Crippen LogP) is 3.52. The fourth-order valence-corrected chi connectivity index (χ4v) is 4.40. The quantitative estimate of drug-likeness (QED) is 0.493. The van der Waals surface area contributed by atoms with Crippen LogP contribution in [0.4, 0.5) is 23.2 Å². The van der Waals surface area contributed by atoms with E-state index in [1.54, 1.807) is 0 Å². The van der Waals surface area contributed by atoms with Gasteiger partial charge in [0, 0.05) is 56.9 Å². The third kappa shape index (κ3) is 4.96. The van der Waals surface area contributed by atoms with Gasteiger partial charge in [0.25, 0.3) is 11.8 Å². The second-order valence-corrected chi connectivity index (χ2v) is 8.97. The number of hydrogen-bond acceptors (Lipinski definition) is 7. The summed E-state index contributed by atoms with van der Waals surface area (Å²) in [6.45, 7) is 2.53. The first kappa shape index (κ1) is 24.3. The van der Waals surface area contributed by atoms with Gasteiger partial charge in [0.05, 0.1) is 17.8 Å². The Hall–Kier alpha value is -3.38. The number of hydrogen-bond donors (Lipinski definition) is 1. The second kappa shape index (κ2) is 9.94. The van der Waals surface area contributed by atoms with E-state index in [0.717, 1.165) is 13.1 Å². The zero-order valence-electron chi connectivity index (χ0n) is 19.2. The Morgan fingerprint density at radius 1 is 1.19 bits per heavy atom. The fourth-order valence-electron chi connectivity index (χ4n) is 4.40. The number of anilines is 1. The van der Waals surface area contributed by atoms with E-state index >= 15 is 4.39 Å². The number of amides is 1. The van der Waals surface area contributed by atoms with Crippen LogP contribution in [0.1, 0.15) is 30.9 Å². The molecular formula is C24H24F4N6O2. The van der Waals surface area contributed by atoms with Crippen LogP contribution >= 0.6 is 0 Å². The van der Waals surface area contributed by atoms with Gasteiger partial charge in [0.15, 0.2) is 5.67 Å². The average Bonchev–Trinajstić information content (AvgIpc) is 3.34. The number of nitrogens with zero attached hydrogens (tertiary/aromatic N) is 5. The van der Waals surface area contributed by atoms with Crippen molar-refractivity contribution in [3.8, 4) is 11.5 Å². The molecule has 2 aliphatic heterocycles. The third-order valence-corrected chi connectivity index (χ3v) is 6.63. The van der Waals surface area contributed by atoms with Gasteiger partial charge in [-0.05, 0) is 30.3 Å². The molecular weight excluding hydrogens is 480 g/mol. The lowest BCUT2D eigenvalue weighted by Gasteiger charge is -2.44. The number of piperidine rings is 1. The highest BCUT2D eigenvalue weighted by molar-refractivity contribution is 5.99. The first-order valence-electron chi connectivity index (χ1n) is 11.6. The maximum absolute atomic E-state index is 16.0. The van der Waals surface area contributed by atoms with E-state index in [2.05, 4.69) is 25.4 Å². The van der Waals surface area contributed by atoms with Crippen LogP contribution < -0.4 is 10.2 Å². The Kier molecular flexibility index (Phi) is 6.71. The number of aromatic nitrogens is 3. The van der Waals surface area contributed by atoms with Gasteiger partial charge < -0.3 is 14.6 Å². The van der Waals surface area contributed by atoms with Crippen molar-refractivity contribution in [2.75, 3.05) is 31.1 Å². The summed E-state index contributed by atoms with van der Waals surface area (Å²) in [5.74, 6) is -2.23. The van der Waals surface area contributed by atoms with Crippen molar-refractivity contribution in [1.82, 2.24) is 25.4 Å². The monoisotopic (exact) mass is 504 g/mol. The van der Waals surface area contributed by atoms with Crippen molar-refractivity contribution >= 4 is 11.6 Å². The van der Waals surface area contributed by atoms with E-state index in [9.17, 15) is 18.0 Å². The van der Waals surface area contributed by atoms with Gasteiger partial charge >= 0.3 is 6.43 Å². The molecule has 0 atom stereocenters. The Labute approximate surface area is 204 Å². The van der Waals surface area contributed by atoms with Gasteiger partial charge in [-0.25, -0.2) is 8.78 Å². The number of nitrogens with one attached hydrogen (secondary N) is 1. The fraction of sp³-hybridized carbons (Fsp3) is 0.417. The molecule has 2 aromatic heterocycles. The molecule has 5 rings (SSSR count). The molecule has 12 heteroatoms. The summed E-state index contributed by atoms with van der Waals surface area (Å²) in [6.07, 6.45) is -1.47. The summed E-state index contributed by atoms with van der Waals surface area (Å²) in [5.41, 5.74) is -1.19. The van der Waals surface area contributed by atoms with Gasteiger partial charge in [0.2, 0.25) is 5.89 Å². The Morgan fingerprint density at radius 2 is 1.97 bits per heavy atom. The SMILES string of the molecule is O=C(N(Cc1ccc(-c2nnc(C(F)F)o2)cn1)c1cccc(F)c1)C1(F)CCN(C2CNC2)CC1. The zero-order chi connectivity index (χ0) is 25.3. The smallest absolute Gasteiger partial charge is 0.314 e. The molecule has 1 aromatic carbocycles. The van der Waals surface area contributed by atoms with Crippen molar-refractivity contribution in [2.24, 2.45) is 0 Å². The lowest BCUT2D eigenvalue weighted by molar-refractivity contribution is -0.134. The van der Waals surface area contributed by atoms with Crippen LogP contribution in [0.2, 0.25) is 0 Å². The van der Waals surface area contributed by atoms with E-state index in [-0.39, 0.29) is 31.0 Å². The molecule has 2 fully saturated rings. The van der Waals surface area contributed by atoms with Crippen LogP contribution in [0.3, 0.4) is 0 Å². The number of alkyl halides is 3. The van der Waals surface area contributed by atoms with Crippen molar-refractivity contribution < 1.29 is 26.8 Å². The van der Waals surface area contributed by atoms with Gasteiger partial charge in [-0.15, -0.1) is 10.2 Å². The summed E-state index contributed by atoms with van der Waals surface area (Å²) in [6, 6.07) is 8.84. The Morgan fingerprint density at radius 3 is 2.56 bits per heavy atom. The van der Waals surface area contributed by atoms with Crippen molar-refractivity contribution in [3.63, 3.8) is 0 Å². The standard InChI is InChI=1S/C24H24F4N6O2/c25-16-2-1-3-18(10-16)34(23(35)24(28)6-8-33(9-7-24)19-12-29-13-19)14-17-5-4-15(11-30-17)21-31-32-22(36-21)20(26)27/h1-5,10-11,19-20,29H,6-9,12-14H2. The lowest BCUT2D eigenvalue weighted by Crippen LogP contribution is -2.61. The predicted molar refractivity (Wildman–Crippen MR) is 121 cm³/mol. The molecule has 0 unspecified atom stereocenters. The highest BCUT2D eigenvalue weighted by atomic mass is 19.3. The summed E-state index contributed by atoms with van der Waals surface area (Å²) < 4.78 is 60.4. The topological polar surface area (TPSA) is 87.4 Å². The van der Waals surface area contributed by atoms with Gasteiger partial charge in [-0.1, -0.05) is 6.07 Å². The minimum absolute atomic E-state index is 0.0458. The minimum atomic E-state index is -2.89. The van der Waals surface area contributed by atoms with Gasteiger partial charge in [-0.3, -0.25) is 14.7 Å². The molecule has 0 spiro atoms. The number of pyridine rings is 1. The number of benzene rings is 1. The van der Waals surface area contributed by atoms with Crippen LogP contribution in [-0.4, -0.2) is 63.9 Å². The van der Waals surface area contributed by atoms with Gasteiger partial charge in [0.1, 0.15) is 5.82 Å². The molecule has 190 valence electrons. The summed E-state index contributed by atoms with van der Waals surface area (Å²) in [5, 5.41) is 10.1. The minimum Gasteiger partial charge on any atom is -0.415 e. The molecule has 3 aromatic rings. The maximum Gasteiger partial charge on any atom is 0.314 e. The van der Waals surface area contributed by atoms with Crippen LogP contribution in [0, 0.1) is 5.82 Å². The molecule has 1 amide bonds. The first-order valence-corrected chi connectivity index (χ1v) is 11.6. The summed E-state index contributed by atoms with van der Waals surface area (Å²) in [4.78, 5) is 21.2. The largest absolute Gasteiger partial charge is 0.415 e. The molecule has 8 nitrogen and oxygen atoms in total. The van der Waals surface area contributed by atoms with Crippen LogP contribution in [0.25, 0.3) is 11.5 Å². The number of rotatable bonds is 7. The molecule has 1 N–H and O–H groups in total. The maximum atomic E-state index is 16.0. The number of halogens is 4. The van der Waals surface area contributed by atoms with Crippen LogP contribution in [0.15, 0.2) is 47.0 Å². The van der Waals surface area contributed by atoms with Crippen LogP contribution in [0.5, 0.6) is 0 Å². The van der Waals surface area contributed by atoms with E-state index in [1.165, 1.54) is 47.5 Å².